The van der Waals surface area contributed by atoms with E-state index in [1.807, 2.05) is 0 Å². The fraction of sp³-hybridized carbons (Fsp3) is 0.778. The Labute approximate surface area is 125 Å². The van der Waals surface area contributed by atoms with Crippen LogP contribution in [0.15, 0.2) is 6.07 Å². The Morgan fingerprint density at radius 1 is 1.20 bits per heavy atom. The molecule has 1 saturated carbocycles. The van der Waals surface area contributed by atoms with Gasteiger partial charge in [0.2, 0.25) is 0 Å². The minimum Gasteiger partial charge on any atom is -0.349 e. The van der Waals surface area contributed by atoms with E-state index >= 15 is 0 Å². The van der Waals surface area contributed by atoms with E-state index in [0.717, 1.165) is 19.0 Å². The Bertz CT molecular complexity index is 411. The maximum atomic E-state index is 3.79. The van der Waals surface area contributed by atoms with Crippen LogP contribution < -0.4 is 5.32 Å². The van der Waals surface area contributed by atoms with Crippen LogP contribution in [0.5, 0.6) is 0 Å². The van der Waals surface area contributed by atoms with Gasteiger partial charge in [-0.2, -0.15) is 0 Å². The Kier molecular flexibility index (Phi) is 5.71. The second-order valence-corrected chi connectivity index (χ2v) is 6.56. The van der Waals surface area contributed by atoms with Crippen molar-refractivity contribution < 1.29 is 0 Å². The Hall–Kier alpha value is -0.760. The third kappa shape index (κ3) is 3.66. The first-order valence-corrected chi connectivity index (χ1v) is 8.52. The number of nitrogens with one attached hydrogen (secondary N) is 1. The molecule has 1 atom stereocenters. The van der Waals surface area contributed by atoms with Gasteiger partial charge in [0.05, 0.1) is 0 Å². The fourth-order valence-electron chi connectivity index (χ4n) is 3.79. The molecule has 2 nitrogen and oxygen atoms in total. The van der Waals surface area contributed by atoms with Gasteiger partial charge in [-0.15, -0.1) is 0 Å². The van der Waals surface area contributed by atoms with Crippen LogP contribution in [0.3, 0.4) is 0 Å². The standard InChI is InChI=1S/C18H32N2/c1-5-20-14(2)12-18(16(20)4)13-19-15(3)17-10-8-6-7-9-11-17/h12,15,17,19H,5-11,13H2,1-4H3/t15-/m0/s1. The molecule has 0 bridgehead atoms. The largest absolute Gasteiger partial charge is 0.349 e. The van der Waals surface area contributed by atoms with Crippen molar-refractivity contribution in [2.75, 3.05) is 0 Å². The van der Waals surface area contributed by atoms with Crippen LogP contribution in [0.4, 0.5) is 0 Å². The summed E-state index contributed by atoms with van der Waals surface area (Å²) in [6.45, 7) is 11.2. The van der Waals surface area contributed by atoms with E-state index in [1.165, 1.54) is 55.5 Å². The van der Waals surface area contributed by atoms with Crippen molar-refractivity contribution in [1.82, 2.24) is 9.88 Å². The van der Waals surface area contributed by atoms with Crippen molar-refractivity contribution in [3.05, 3.63) is 23.0 Å². The summed E-state index contributed by atoms with van der Waals surface area (Å²) in [5.74, 6) is 0.882. The van der Waals surface area contributed by atoms with Crippen molar-refractivity contribution >= 4 is 0 Å². The SMILES string of the molecule is CCn1c(C)cc(CN[C@@H](C)C2CCCCCC2)c1C. The third-order valence-corrected chi connectivity index (χ3v) is 5.22. The molecule has 1 N–H and O–H groups in total. The number of hydrogen-bond acceptors (Lipinski definition) is 1. The molecule has 1 aliphatic carbocycles. The average molecular weight is 276 g/mol. The molecule has 1 fully saturated rings. The van der Waals surface area contributed by atoms with Gasteiger partial charge in [0.15, 0.2) is 0 Å². The maximum Gasteiger partial charge on any atom is 0.0225 e. The number of rotatable bonds is 5. The lowest BCUT2D eigenvalue weighted by Crippen LogP contribution is -2.33. The van der Waals surface area contributed by atoms with E-state index in [-0.39, 0.29) is 0 Å². The molecule has 0 aliphatic heterocycles. The topological polar surface area (TPSA) is 17.0 Å². The highest BCUT2D eigenvalue weighted by molar-refractivity contribution is 5.26. The predicted octanol–water partition coefficient (Wildman–Crippen LogP) is 4.57. The van der Waals surface area contributed by atoms with Crippen molar-refractivity contribution in [3.63, 3.8) is 0 Å². The smallest absolute Gasteiger partial charge is 0.0225 e. The van der Waals surface area contributed by atoms with Crippen LogP contribution in [0.25, 0.3) is 0 Å². The summed E-state index contributed by atoms with van der Waals surface area (Å²) < 4.78 is 2.41. The summed E-state index contributed by atoms with van der Waals surface area (Å²) in [6.07, 6.45) is 8.59. The first-order valence-electron chi connectivity index (χ1n) is 8.52. The van der Waals surface area contributed by atoms with Gasteiger partial charge in [-0.05, 0) is 58.1 Å². The molecule has 1 aromatic heterocycles. The van der Waals surface area contributed by atoms with E-state index in [4.69, 9.17) is 0 Å². The molecular weight excluding hydrogens is 244 g/mol. The molecule has 0 amide bonds. The molecule has 0 spiro atoms. The van der Waals surface area contributed by atoms with E-state index in [2.05, 4.69) is 43.6 Å². The van der Waals surface area contributed by atoms with Crippen molar-refractivity contribution in [2.45, 2.75) is 85.4 Å². The molecule has 0 saturated heterocycles. The molecule has 114 valence electrons. The number of aryl methyl sites for hydroxylation is 1. The van der Waals surface area contributed by atoms with Crippen LogP contribution in [-0.4, -0.2) is 10.6 Å². The van der Waals surface area contributed by atoms with Crippen molar-refractivity contribution in [1.29, 1.82) is 0 Å². The molecule has 1 heterocycles. The zero-order chi connectivity index (χ0) is 14.5. The zero-order valence-electron chi connectivity index (χ0n) is 13.8. The Balaban J connectivity index is 1.91. The Morgan fingerprint density at radius 2 is 1.85 bits per heavy atom. The van der Waals surface area contributed by atoms with Crippen molar-refractivity contribution in [2.24, 2.45) is 5.92 Å². The third-order valence-electron chi connectivity index (χ3n) is 5.22. The van der Waals surface area contributed by atoms with Gasteiger partial charge < -0.3 is 9.88 Å². The van der Waals surface area contributed by atoms with Crippen molar-refractivity contribution in [3.8, 4) is 0 Å². The highest BCUT2D eigenvalue weighted by atomic mass is 15.0. The van der Waals surface area contributed by atoms with Gasteiger partial charge in [0, 0.05) is 30.5 Å². The Morgan fingerprint density at radius 3 is 2.40 bits per heavy atom. The molecule has 20 heavy (non-hydrogen) atoms. The summed E-state index contributed by atoms with van der Waals surface area (Å²) in [7, 11) is 0. The lowest BCUT2D eigenvalue weighted by Gasteiger charge is -2.23. The predicted molar refractivity (Wildman–Crippen MR) is 87.1 cm³/mol. The second-order valence-electron chi connectivity index (χ2n) is 6.56. The van der Waals surface area contributed by atoms with Crippen LogP contribution in [0.2, 0.25) is 0 Å². The molecule has 0 unspecified atom stereocenters. The number of nitrogens with zero attached hydrogens (tertiary/aromatic N) is 1. The van der Waals surface area contributed by atoms with Crippen LogP contribution in [0.1, 0.15) is 69.3 Å². The van der Waals surface area contributed by atoms with Gasteiger partial charge in [-0.25, -0.2) is 0 Å². The molecule has 2 rings (SSSR count). The normalized spacial score (nSPS) is 19.0. The first kappa shape index (κ1) is 15.6. The van der Waals surface area contributed by atoms with Crippen LogP contribution >= 0.6 is 0 Å². The number of aromatic nitrogens is 1. The van der Waals surface area contributed by atoms with Gasteiger partial charge in [-0.1, -0.05) is 25.7 Å². The molecular formula is C18H32N2. The van der Waals surface area contributed by atoms with Crippen LogP contribution in [0, 0.1) is 19.8 Å². The molecule has 0 aromatic carbocycles. The lowest BCUT2D eigenvalue weighted by molar-refractivity contribution is 0.336. The quantitative estimate of drug-likeness (QED) is 0.779. The van der Waals surface area contributed by atoms with E-state index < -0.39 is 0 Å². The highest BCUT2D eigenvalue weighted by Crippen LogP contribution is 2.26. The molecule has 1 aromatic rings. The highest BCUT2D eigenvalue weighted by Gasteiger charge is 2.19. The van der Waals surface area contributed by atoms with Gasteiger partial charge >= 0.3 is 0 Å². The van der Waals surface area contributed by atoms with E-state index in [1.54, 1.807) is 0 Å². The summed E-state index contributed by atoms with van der Waals surface area (Å²) in [4.78, 5) is 0. The molecule has 2 heteroatoms. The summed E-state index contributed by atoms with van der Waals surface area (Å²) in [6, 6.07) is 3.00. The van der Waals surface area contributed by atoms with E-state index in [0.29, 0.717) is 6.04 Å². The first-order chi connectivity index (χ1) is 9.63. The summed E-state index contributed by atoms with van der Waals surface area (Å²) in [5.41, 5.74) is 4.30. The minimum absolute atomic E-state index is 0.651. The zero-order valence-corrected chi connectivity index (χ0v) is 13.8. The molecule has 1 aliphatic rings. The summed E-state index contributed by atoms with van der Waals surface area (Å²) in [5, 5.41) is 3.79. The van der Waals surface area contributed by atoms with Crippen LogP contribution in [-0.2, 0) is 13.1 Å². The van der Waals surface area contributed by atoms with E-state index in [9.17, 15) is 0 Å². The lowest BCUT2D eigenvalue weighted by atomic mass is 9.93. The number of hydrogen-bond donors (Lipinski definition) is 1. The monoisotopic (exact) mass is 276 g/mol. The summed E-state index contributed by atoms with van der Waals surface area (Å²) >= 11 is 0. The molecule has 0 radical (unpaired) electrons. The van der Waals surface area contributed by atoms with Gasteiger partial charge in [0.25, 0.3) is 0 Å². The fourth-order valence-corrected chi connectivity index (χ4v) is 3.79. The average Bonchev–Trinajstić information content (AvgIpc) is 2.65. The maximum absolute atomic E-state index is 3.79. The second kappa shape index (κ2) is 7.31. The van der Waals surface area contributed by atoms with Gasteiger partial charge in [0.1, 0.15) is 0 Å². The van der Waals surface area contributed by atoms with Gasteiger partial charge in [-0.3, -0.25) is 0 Å². The minimum atomic E-state index is 0.651.